The minimum atomic E-state index is -0.541. The van der Waals surface area contributed by atoms with Crippen molar-refractivity contribution in [2.45, 2.75) is 32.7 Å². The van der Waals surface area contributed by atoms with E-state index in [0.717, 1.165) is 12.8 Å². The fourth-order valence-corrected chi connectivity index (χ4v) is 2.32. The van der Waals surface area contributed by atoms with Crippen LogP contribution >= 0.6 is 0 Å². The summed E-state index contributed by atoms with van der Waals surface area (Å²) in [5.74, 6) is -0.961. The monoisotopic (exact) mass is 383 g/mol. The van der Waals surface area contributed by atoms with Crippen LogP contribution < -0.4 is 22.1 Å². The van der Waals surface area contributed by atoms with E-state index >= 15 is 0 Å². The molecule has 9 heteroatoms. The van der Waals surface area contributed by atoms with Gasteiger partial charge in [0.25, 0.3) is 5.91 Å². The van der Waals surface area contributed by atoms with Crippen molar-refractivity contribution in [3.63, 3.8) is 0 Å². The maximum absolute atomic E-state index is 12.0. The van der Waals surface area contributed by atoms with Gasteiger partial charge in [0.15, 0.2) is 0 Å². The van der Waals surface area contributed by atoms with Crippen LogP contribution in [0.15, 0.2) is 40.8 Å². The smallest absolute Gasteiger partial charge is 0.267 e. The highest BCUT2D eigenvalue weighted by atomic mass is 16.2. The standard InChI is InChI=1S/C19H25N7O2/c1-11(20)18(12(2)21)16-6-5-14(9-24-16)26-17(27)10-25-19(28)15(22)7-8-23-13-3-4-13/h5-9,13,20H,3-4,10,21-22H2,1-2H3,(H,25,28)(H,26,27). The molecule has 0 saturated heterocycles. The predicted molar refractivity (Wildman–Crippen MR) is 110 cm³/mol. The zero-order valence-corrected chi connectivity index (χ0v) is 16.0. The van der Waals surface area contributed by atoms with Crippen LogP contribution in [0.5, 0.6) is 0 Å². The molecular formula is C19H25N7O2. The number of anilines is 1. The van der Waals surface area contributed by atoms with Crippen LogP contribution in [0, 0.1) is 5.41 Å². The van der Waals surface area contributed by atoms with Crippen LogP contribution in [0.2, 0.25) is 0 Å². The lowest BCUT2D eigenvalue weighted by atomic mass is 10.1. The first kappa shape index (κ1) is 20.8. The Morgan fingerprint density at radius 2 is 2.04 bits per heavy atom. The molecule has 0 atom stereocenters. The third kappa shape index (κ3) is 6.35. The van der Waals surface area contributed by atoms with Crippen molar-refractivity contribution in [2.24, 2.45) is 16.5 Å². The summed E-state index contributed by atoms with van der Waals surface area (Å²) in [6.07, 6.45) is 6.53. The van der Waals surface area contributed by atoms with Crippen molar-refractivity contribution >= 4 is 35.0 Å². The number of allylic oxidation sites excluding steroid dienone is 3. The zero-order chi connectivity index (χ0) is 20.7. The Hall–Kier alpha value is -3.49. The van der Waals surface area contributed by atoms with Gasteiger partial charge < -0.3 is 27.5 Å². The number of nitrogens with one attached hydrogen (secondary N) is 3. The molecule has 2 rings (SSSR count). The third-order valence-electron chi connectivity index (χ3n) is 3.84. The molecule has 148 valence electrons. The SMILES string of the molecule is CC(=N)C(=C(C)N)c1ccc(NC(=O)CNC(=O)C(N)=CC=NC2CC2)cn1. The quantitative estimate of drug-likeness (QED) is 0.333. The van der Waals surface area contributed by atoms with Crippen LogP contribution in [0.3, 0.4) is 0 Å². The van der Waals surface area contributed by atoms with Crippen molar-refractivity contribution in [1.29, 1.82) is 5.41 Å². The van der Waals surface area contributed by atoms with Gasteiger partial charge in [-0.3, -0.25) is 19.6 Å². The second-order valence-electron chi connectivity index (χ2n) is 6.50. The second kappa shape index (κ2) is 9.45. The Bertz CT molecular complexity index is 846. The molecule has 7 N–H and O–H groups in total. The molecule has 0 aliphatic heterocycles. The number of aliphatic imine (C=N–C) groups is 1. The fraction of sp³-hybridized carbons (Fsp3) is 0.316. The molecular weight excluding hydrogens is 358 g/mol. The van der Waals surface area contributed by atoms with E-state index in [-0.39, 0.29) is 12.2 Å². The minimum absolute atomic E-state index is 0.0123. The van der Waals surface area contributed by atoms with E-state index in [1.54, 1.807) is 26.0 Å². The molecule has 1 aliphatic carbocycles. The highest BCUT2D eigenvalue weighted by Crippen LogP contribution is 2.22. The van der Waals surface area contributed by atoms with E-state index in [4.69, 9.17) is 16.9 Å². The summed E-state index contributed by atoms with van der Waals surface area (Å²) in [7, 11) is 0. The summed E-state index contributed by atoms with van der Waals surface area (Å²) in [4.78, 5) is 32.2. The highest BCUT2D eigenvalue weighted by molar-refractivity contribution is 6.21. The average Bonchev–Trinajstić information content (AvgIpc) is 3.45. The van der Waals surface area contributed by atoms with Gasteiger partial charge in [0.1, 0.15) is 0 Å². The van der Waals surface area contributed by atoms with Gasteiger partial charge >= 0.3 is 0 Å². The van der Waals surface area contributed by atoms with Gasteiger partial charge in [-0.1, -0.05) is 0 Å². The molecule has 1 saturated carbocycles. The van der Waals surface area contributed by atoms with E-state index in [1.807, 2.05) is 0 Å². The maximum atomic E-state index is 12.0. The third-order valence-corrected chi connectivity index (χ3v) is 3.84. The molecule has 1 heterocycles. The maximum Gasteiger partial charge on any atom is 0.267 e. The van der Waals surface area contributed by atoms with E-state index in [2.05, 4.69) is 20.6 Å². The minimum Gasteiger partial charge on any atom is -0.402 e. The Balaban J connectivity index is 1.86. The van der Waals surface area contributed by atoms with Gasteiger partial charge in [-0.15, -0.1) is 0 Å². The van der Waals surface area contributed by atoms with E-state index in [1.165, 1.54) is 18.5 Å². The number of hydrogen-bond acceptors (Lipinski definition) is 7. The number of carbonyl (C=O) groups is 2. The first-order valence-corrected chi connectivity index (χ1v) is 8.83. The van der Waals surface area contributed by atoms with Gasteiger partial charge in [0, 0.05) is 23.2 Å². The number of pyridine rings is 1. The molecule has 1 aromatic rings. The molecule has 28 heavy (non-hydrogen) atoms. The molecule has 1 aliphatic rings. The Labute approximate surface area is 163 Å². The summed E-state index contributed by atoms with van der Waals surface area (Å²) in [5.41, 5.74) is 13.8. The summed E-state index contributed by atoms with van der Waals surface area (Å²) < 4.78 is 0. The fourth-order valence-electron chi connectivity index (χ4n) is 2.32. The molecule has 9 nitrogen and oxygen atoms in total. The summed E-state index contributed by atoms with van der Waals surface area (Å²) in [5, 5.41) is 12.8. The Morgan fingerprint density at radius 1 is 1.32 bits per heavy atom. The number of aromatic nitrogens is 1. The van der Waals surface area contributed by atoms with Crippen molar-refractivity contribution in [3.8, 4) is 0 Å². The van der Waals surface area contributed by atoms with Crippen LogP contribution in [-0.4, -0.2) is 41.3 Å². The normalized spacial score (nSPS) is 15.1. The number of nitrogens with zero attached hydrogens (tertiary/aromatic N) is 2. The van der Waals surface area contributed by atoms with Gasteiger partial charge in [0.2, 0.25) is 5.91 Å². The summed E-state index contributed by atoms with van der Waals surface area (Å²) in [6, 6.07) is 3.66. The second-order valence-corrected chi connectivity index (χ2v) is 6.50. The molecule has 0 aromatic carbocycles. The van der Waals surface area contributed by atoms with E-state index in [0.29, 0.717) is 34.4 Å². The van der Waals surface area contributed by atoms with Crippen LogP contribution in [-0.2, 0) is 9.59 Å². The Morgan fingerprint density at radius 3 is 2.57 bits per heavy atom. The van der Waals surface area contributed by atoms with Crippen molar-refractivity contribution in [2.75, 3.05) is 11.9 Å². The molecule has 1 fully saturated rings. The predicted octanol–water partition coefficient (Wildman–Crippen LogP) is 0.941. The molecule has 0 spiro atoms. The first-order valence-electron chi connectivity index (χ1n) is 8.83. The van der Waals surface area contributed by atoms with E-state index < -0.39 is 11.8 Å². The first-order chi connectivity index (χ1) is 13.3. The van der Waals surface area contributed by atoms with Crippen molar-refractivity contribution in [3.05, 3.63) is 41.5 Å². The molecule has 2 amide bonds. The van der Waals surface area contributed by atoms with Crippen LogP contribution in [0.4, 0.5) is 5.69 Å². The number of hydrogen-bond donors (Lipinski definition) is 5. The molecule has 1 aromatic heterocycles. The van der Waals surface area contributed by atoms with Crippen LogP contribution in [0.25, 0.3) is 5.57 Å². The van der Waals surface area contributed by atoms with Crippen molar-refractivity contribution < 1.29 is 9.59 Å². The van der Waals surface area contributed by atoms with Gasteiger partial charge in [-0.05, 0) is 44.9 Å². The largest absolute Gasteiger partial charge is 0.402 e. The van der Waals surface area contributed by atoms with Crippen molar-refractivity contribution in [1.82, 2.24) is 10.3 Å². The summed E-state index contributed by atoms with van der Waals surface area (Å²) in [6.45, 7) is 3.09. The molecule has 0 radical (unpaired) electrons. The van der Waals surface area contributed by atoms with Crippen LogP contribution in [0.1, 0.15) is 32.4 Å². The molecule has 0 bridgehead atoms. The number of nitrogens with two attached hydrogens (primary N) is 2. The lowest BCUT2D eigenvalue weighted by Gasteiger charge is -2.10. The average molecular weight is 383 g/mol. The number of rotatable bonds is 8. The van der Waals surface area contributed by atoms with E-state index in [9.17, 15) is 9.59 Å². The lowest BCUT2D eigenvalue weighted by Crippen LogP contribution is -2.35. The Kier molecular flexibility index (Phi) is 7.02. The summed E-state index contributed by atoms with van der Waals surface area (Å²) >= 11 is 0. The highest BCUT2D eigenvalue weighted by Gasteiger charge is 2.18. The number of amides is 2. The van der Waals surface area contributed by atoms with Gasteiger partial charge in [-0.25, -0.2) is 0 Å². The van der Waals surface area contributed by atoms with Gasteiger partial charge in [0.05, 0.1) is 35.9 Å². The lowest BCUT2D eigenvalue weighted by molar-refractivity contribution is -0.121. The molecule has 0 unspecified atom stereocenters. The zero-order valence-electron chi connectivity index (χ0n) is 16.0. The topological polar surface area (TPSA) is 159 Å². The van der Waals surface area contributed by atoms with Gasteiger partial charge in [-0.2, -0.15) is 0 Å². The number of carbonyl (C=O) groups excluding carboxylic acids is 2.